The number of esters is 1. The second-order valence-electron chi connectivity index (χ2n) is 8.53. The van der Waals surface area contributed by atoms with Gasteiger partial charge in [-0.25, -0.2) is 18.0 Å². The van der Waals surface area contributed by atoms with Crippen LogP contribution in [0, 0.1) is 5.92 Å². The van der Waals surface area contributed by atoms with Crippen LogP contribution in [0.2, 0.25) is 0 Å². The lowest BCUT2D eigenvalue weighted by Crippen LogP contribution is -2.47. The summed E-state index contributed by atoms with van der Waals surface area (Å²) < 4.78 is 42.0. The molecule has 0 saturated heterocycles. The summed E-state index contributed by atoms with van der Waals surface area (Å²) in [5.74, 6) is -0.0713. The molecule has 0 radical (unpaired) electrons. The van der Waals surface area contributed by atoms with Gasteiger partial charge >= 0.3 is 12.0 Å². The van der Waals surface area contributed by atoms with Gasteiger partial charge in [0.25, 0.3) is 0 Å². The van der Waals surface area contributed by atoms with Crippen LogP contribution in [0.4, 0.5) is 4.79 Å². The molecule has 10 heteroatoms. The van der Waals surface area contributed by atoms with Gasteiger partial charge in [0, 0.05) is 5.70 Å². The molecule has 0 aliphatic carbocycles. The molecule has 0 fully saturated rings. The first-order chi connectivity index (χ1) is 16.6. The lowest BCUT2D eigenvalue weighted by atomic mass is 9.95. The molecule has 0 spiro atoms. The lowest BCUT2D eigenvalue weighted by Gasteiger charge is -2.29. The van der Waals surface area contributed by atoms with Crippen molar-refractivity contribution in [3.63, 3.8) is 0 Å². The van der Waals surface area contributed by atoms with E-state index in [4.69, 9.17) is 14.2 Å². The molecule has 2 amide bonds. The zero-order valence-electron chi connectivity index (χ0n) is 20.4. The van der Waals surface area contributed by atoms with Crippen molar-refractivity contribution in [2.45, 2.75) is 31.2 Å². The molecule has 1 aliphatic rings. The summed E-state index contributed by atoms with van der Waals surface area (Å²) in [6.45, 7) is 4.17. The zero-order chi connectivity index (χ0) is 25.8. The molecule has 0 aromatic heterocycles. The van der Waals surface area contributed by atoms with Crippen LogP contribution < -0.4 is 20.1 Å². The molecule has 2 N–H and O–H groups in total. The number of nitrogens with one attached hydrogen (secondary N) is 2. The van der Waals surface area contributed by atoms with Crippen LogP contribution in [-0.2, 0) is 25.8 Å². The van der Waals surface area contributed by atoms with Gasteiger partial charge in [0.05, 0.1) is 43.6 Å². The predicted octanol–water partition coefficient (Wildman–Crippen LogP) is 3.16. The Hall–Kier alpha value is -3.53. The second-order valence-corrected chi connectivity index (χ2v) is 10.5. The number of carbonyl (C=O) groups excluding carboxylic acids is 2. The van der Waals surface area contributed by atoms with E-state index in [1.165, 1.54) is 21.3 Å². The Morgan fingerprint density at radius 2 is 1.66 bits per heavy atom. The Kier molecular flexibility index (Phi) is 8.06. The first kappa shape index (κ1) is 26.1. The van der Waals surface area contributed by atoms with E-state index in [0.29, 0.717) is 23.0 Å². The number of rotatable bonds is 9. The highest BCUT2D eigenvalue weighted by Crippen LogP contribution is 2.35. The number of benzene rings is 2. The van der Waals surface area contributed by atoms with Gasteiger partial charge in [-0.05, 0) is 47.7 Å². The van der Waals surface area contributed by atoms with Crippen molar-refractivity contribution in [2.75, 3.05) is 27.1 Å². The molecular formula is C25H30N2O7S. The fourth-order valence-corrected chi connectivity index (χ4v) is 5.27. The van der Waals surface area contributed by atoms with Gasteiger partial charge in [-0.15, -0.1) is 0 Å². The van der Waals surface area contributed by atoms with Crippen LogP contribution in [0.1, 0.15) is 31.0 Å². The number of carbonyl (C=O) groups is 2. The second kappa shape index (κ2) is 10.8. The maximum absolute atomic E-state index is 13.2. The number of amides is 2. The lowest BCUT2D eigenvalue weighted by molar-refractivity contribution is -0.136. The summed E-state index contributed by atoms with van der Waals surface area (Å²) in [6.07, 6.45) is 0.826. The maximum atomic E-state index is 13.2. The van der Waals surface area contributed by atoms with E-state index in [9.17, 15) is 18.0 Å². The van der Waals surface area contributed by atoms with Gasteiger partial charge < -0.3 is 24.8 Å². The van der Waals surface area contributed by atoms with Gasteiger partial charge in [0.1, 0.15) is 0 Å². The topological polar surface area (TPSA) is 120 Å². The van der Waals surface area contributed by atoms with Crippen LogP contribution in [0.3, 0.4) is 0 Å². The summed E-state index contributed by atoms with van der Waals surface area (Å²) in [4.78, 5) is 25.4. The third-order valence-corrected chi connectivity index (χ3v) is 7.22. The molecule has 188 valence electrons. The molecule has 2 aromatic rings. The molecule has 1 heterocycles. The monoisotopic (exact) mass is 502 g/mol. The molecule has 2 aromatic carbocycles. The van der Waals surface area contributed by atoms with Crippen molar-refractivity contribution in [1.82, 2.24) is 10.6 Å². The SMILES string of the molecule is COC(=O)C1=C(CS(=O)(=O)c2ccc(CC(C)C)cc2)NC(=O)N[C@@H]1c1ccc(OC)c(OC)c1. The number of sulfone groups is 1. The Labute approximate surface area is 205 Å². The largest absolute Gasteiger partial charge is 0.493 e. The standard InChI is InChI=1S/C25H30N2O7S/c1-15(2)12-16-6-9-18(10-7-16)35(30,31)14-19-22(24(28)34-5)23(27-25(29)26-19)17-8-11-20(32-3)21(13-17)33-4/h6-11,13,15,23H,12,14H2,1-5H3,(H2,26,27,29)/t23-/m1/s1. The normalized spacial score (nSPS) is 15.9. The average molecular weight is 503 g/mol. The maximum Gasteiger partial charge on any atom is 0.338 e. The Bertz CT molecular complexity index is 1230. The number of urea groups is 1. The fraction of sp³-hybridized carbons (Fsp3) is 0.360. The van der Waals surface area contributed by atoms with Crippen LogP contribution >= 0.6 is 0 Å². The van der Waals surface area contributed by atoms with E-state index in [1.807, 2.05) is 0 Å². The highest BCUT2D eigenvalue weighted by Gasteiger charge is 2.36. The number of hydrogen-bond donors (Lipinski definition) is 2. The highest BCUT2D eigenvalue weighted by molar-refractivity contribution is 7.91. The van der Waals surface area contributed by atoms with E-state index in [1.54, 1.807) is 42.5 Å². The molecule has 0 unspecified atom stereocenters. The van der Waals surface area contributed by atoms with Gasteiger partial charge in [-0.3, -0.25) is 0 Å². The first-order valence-corrected chi connectivity index (χ1v) is 12.7. The van der Waals surface area contributed by atoms with Crippen molar-refractivity contribution in [2.24, 2.45) is 5.92 Å². The summed E-state index contributed by atoms with van der Waals surface area (Å²) in [5, 5.41) is 5.16. The van der Waals surface area contributed by atoms with Crippen molar-refractivity contribution in [3.8, 4) is 11.5 Å². The van der Waals surface area contributed by atoms with Gasteiger partial charge in [-0.2, -0.15) is 0 Å². The van der Waals surface area contributed by atoms with E-state index in [-0.39, 0.29) is 16.2 Å². The molecule has 3 rings (SSSR count). The molecule has 0 saturated carbocycles. The number of ether oxygens (including phenoxy) is 3. The first-order valence-electron chi connectivity index (χ1n) is 11.0. The summed E-state index contributed by atoms with van der Waals surface area (Å²) >= 11 is 0. The van der Waals surface area contributed by atoms with Gasteiger partial charge in [0.15, 0.2) is 21.3 Å². The average Bonchev–Trinajstić information content (AvgIpc) is 2.82. The summed E-state index contributed by atoms with van der Waals surface area (Å²) in [7, 11) is 0.257. The Balaban J connectivity index is 2.04. The molecule has 0 bridgehead atoms. The predicted molar refractivity (Wildman–Crippen MR) is 130 cm³/mol. The minimum Gasteiger partial charge on any atom is -0.493 e. The van der Waals surface area contributed by atoms with E-state index in [2.05, 4.69) is 24.5 Å². The highest BCUT2D eigenvalue weighted by atomic mass is 32.2. The van der Waals surface area contributed by atoms with E-state index in [0.717, 1.165) is 12.0 Å². The van der Waals surface area contributed by atoms with Crippen LogP contribution in [0.25, 0.3) is 0 Å². The Morgan fingerprint density at radius 1 is 1.00 bits per heavy atom. The fourth-order valence-electron chi connectivity index (χ4n) is 3.94. The molecule has 1 aliphatic heterocycles. The van der Waals surface area contributed by atoms with Crippen molar-refractivity contribution in [1.29, 1.82) is 0 Å². The molecular weight excluding hydrogens is 472 g/mol. The molecule has 1 atom stereocenters. The zero-order valence-corrected chi connectivity index (χ0v) is 21.2. The third-order valence-electron chi connectivity index (χ3n) is 5.56. The minimum absolute atomic E-state index is 0.0145. The van der Waals surface area contributed by atoms with E-state index >= 15 is 0 Å². The van der Waals surface area contributed by atoms with E-state index < -0.39 is 33.6 Å². The van der Waals surface area contributed by atoms with Crippen molar-refractivity contribution >= 4 is 21.8 Å². The summed E-state index contributed by atoms with van der Waals surface area (Å²) in [5.41, 5.74) is 1.45. The third kappa shape index (κ3) is 5.94. The van der Waals surface area contributed by atoms with Gasteiger partial charge in [-0.1, -0.05) is 32.0 Å². The van der Waals surface area contributed by atoms with Crippen molar-refractivity contribution < 1.29 is 32.2 Å². The van der Waals surface area contributed by atoms with Crippen LogP contribution in [0.5, 0.6) is 11.5 Å². The smallest absolute Gasteiger partial charge is 0.338 e. The molecule has 35 heavy (non-hydrogen) atoms. The summed E-state index contributed by atoms with van der Waals surface area (Å²) in [6, 6.07) is 9.92. The van der Waals surface area contributed by atoms with Crippen molar-refractivity contribution in [3.05, 3.63) is 64.9 Å². The van der Waals surface area contributed by atoms with Crippen LogP contribution in [-0.4, -0.2) is 47.5 Å². The van der Waals surface area contributed by atoms with Crippen LogP contribution in [0.15, 0.2) is 58.6 Å². The quantitative estimate of drug-likeness (QED) is 0.506. The Morgan fingerprint density at radius 3 is 2.23 bits per heavy atom. The number of hydrogen-bond acceptors (Lipinski definition) is 7. The molecule has 9 nitrogen and oxygen atoms in total. The number of methoxy groups -OCH3 is 3. The minimum atomic E-state index is -3.89. The van der Waals surface area contributed by atoms with Gasteiger partial charge in [0.2, 0.25) is 0 Å².